The lowest BCUT2D eigenvalue weighted by atomic mass is 9.89. The van der Waals surface area contributed by atoms with Crippen molar-refractivity contribution in [2.24, 2.45) is 17.6 Å². The largest absolute Gasteiger partial charge is 0.481 e. The fourth-order valence-corrected chi connectivity index (χ4v) is 2.59. The quantitative estimate of drug-likeness (QED) is 0.804. The van der Waals surface area contributed by atoms with E-state index in [0.717, 1.165) is 12.8 Å². The zero-order valence-electron chi connectivity index (χ0n) is 13.1. The van der Waals surface area contributed by atoms with Crippen LogP contribution < -0.4 is 5.73 Å². The van der Waals surface area contributed by atoms with E-state index in [4.69, 9.17) is 10.8 Å². The van der Waals surface area contributed by atoms with Gasteiger partial charge in [0.05, 0.1) is 5.92 Å². The van der Waals surface area contributed by atoms with Crippen molar-refractivity contribution in [2.45, 2.75) is 47.0 Å². The third-order valence-electron chi connectivity index (χ3n) is 4.40. The molecule has 3 nitrogen and oxygen atoms in total. The van der Waals surface area contributed by atoms with Gasteiger partial charge in [0.2, 0.25) is 0 Å². The summed E-state index contributed by atoms with van der Waals surface area (Å²) >= 11 is 0. The predicted molar refractivity (Wildman–Crippen MR) is 82.9 cm³/mol. The van der Waals surface area contributed by atoms with Gasteiger partial charge in [-0.1, -0.05) is 19.1 Å². The number of rotatable bonds is 7. The molecule has 1 aromatic carbocycles. The zero-order valence-corrected chi connectivity index (χ0v) is 13.1. The summed E-state index contributed by atoms with van der Waals surface area (Å²) in [4.78, 5) is 11.0. The molecule has 20 heavy (non-hydrogen) atoms. The van der Waals surface area contributed by atoms with Crippen molar-refractivity contribution in [2.75, 3.05) is 6.54 Å². The number of benzene rings is 1. The summed E-state index contributed by atoms with van der Waals surface area (Å²) in [5.41, 5.74) is 10.9. The van der Waals surface area contributed by atoms with Gasteiger partial charge in [-0.15, -0.1) is 0 Å². The second kappa shape index (κ2) is 7.44. The fraction of sp³-hybridized carbons (Fsp3) is 0.588. The highest BCUT2D eigenvalue weighted by Gasteiger charge is 2.18. The van der Waals surface area contributed by atoms with Crippen molar-refractivity contribution in [1.29, 1.82) is 0 Å². The molecule has 0 aromatic heterocycles. The minimum absolute atomic E-state index is 0.225. The molecule has 0 heterocycles. The Bertz CT molecular complexity index is 468. The van der Waals surface area contributed by atoms with E-state index >= 15 is 0 Å². The number of nitrogens with two attached hydrogens (primary N) is 1. The topological polar surface area (TPSA) is 63.3 Å². The van der Waals surface area contributed by atoms with Crippen LogP contribution in [0.1, 0.15) is 42.0 Å². The average Bonchev–Trinajstić information content (AvgIpc) is 2.41. The Labute approximate surface area is 122 Å². The van der Waals surface area contributed by atoms with Crippen LogP contribution in [0.2, 0.25) is 0 Å². The molecule has 0 aliphatic heterocycles. The van der Waals surface area contributed by atoms with Crippen LogP contribution in [0.25, 0.3) is 0 Å². The van der Waals surface area contributed by atoms with Gasteiger partial charge in [-0.05, 0) is 68.2 Å². The standard InChI is InChI=1S/C17H27NO2/c1-11(9-16(10-18)17(19)20)5-7-15-8-6-12(2)13(3)14(15)4/h6,8,11,16H,5,7,9-10,18H2,1-4H3,(H,19,20). The van der Waals surface area contributed by atoms with Gasteiger partial charge in [-0.3, -0.25) is 4.79 Å². The molecule has 3 heteroatoms. The molecule has 0 spiro atoms. The lowest BCUT2D eigenvalue weighted by Crippen LogP contribution is -2.25. The zero-order chi connectivity index (χ0) is 15.3. The van der Waals surface area contributed by atoms with Gasteiger partial charge < -0.3 is 10.8 Å². The van der Waals surface area contributed by atoms with E-state index in [2.05, 4.69) is 39.8 Å². The molecule has 0 bridgehead atoms. The summed E-state index contributed by atoms with van der Waals surface area (Å²) in [6.45, 7) is 8.80. The van der Waals surface area contributed by atoms with Gasteiger partial charge in [0.15, 0.2) is 0 Å². The number of aryl methyl sites for hydroxylation is 2. The Balaban J connectivity index is 2.59. The van der Waals surface area contributed by atoms with Crippen LogP contribution in [0.15, 0.2) is 12.1 Å². The number of carboxylic acids is 1. The molecule has 0 amide bonds. The first-order chi connectivity index (χ1) is 9.36. The van der Waals surface area contributed by atoms with Crippen LogP contribution in [0.3, 0.4) is 0 Å². The third-order valence-corrected chi connectivity index (χ3v) is 4.40. The molecule has 0 radical (unpaired) electrons. The van der Waals surface area contributed by atoms with E-state index in [0.29, 0.717) is 12.3 Å². The third kappa shape index (κ3) is 4.34. The van der Waals surface area contributed by atoms with Gasteiger partial charge >= 0.3 is 5.97 Å². The second-order valence-corrected chi connectivity index (χ2v) is 5.94. The Morgan fingerprint density at radius 1 is 1.25 bits per heavy atom. The minimum Gasteiger partial charge on any atom is -0.481 e. The fourth-order valence-electron chi connectivity index (χ4n) is 2.59. The summed E-state index contributed by atoms with van der Waals surface area (Å²) in [5, 5.41) is 9.04. The number of hydrogen-bond donors (Lipinski definition) is 2. The van der Waals surface area contributed by atoms with Crippen molar-refractivity contribution < 1.29 is 9.90 Å². The summed E-state index contributed by atoms with van der Waals surface area (Å²) < 4.78 is 0. The van der Waals surface area contributed by atoms with Crippen molar-refractivity contribution in [1.82, 2.24) is 0 Å². The molecule has 1 rings (SSSR count). The maximum atomic E-state index is 11.0. The molecule has 0 fully saturated rings. The number of carboxylic acid groups (broad SMARTS) is 1. The van der Waals surface area contributed by atoms with Gasteiger partial charge in [0.25, 0.3) is 0 Å². The van der Waals surface area contributed by atoms with Crippen LogP contribution in [0.5, 0.6) is 0 Å². The maximum Gasteiger partial charge on any atom is 0.307 e. The SMILES string of the molecule is Cc1ccc(CCC(C)CC(CN)C(=O)O)c(C)c1C. The molecular weight excluding hydrogens is 250 g/mol. The predicted octanol–water partition coefficient (Wildman–Crippen LogP) is 3.23. The van der Waals surface area contributed by atoms with Crippen molar-refractivity contribution in [3.8, 4) is 0 Å². The first kappa shape index (κ1) is 16.7. The Kier molecular flexibility index (Phi) is 6.21. The van der Waals surface area contributed by atoms with Gasteiger partial charge in [0.1, 0.15) is 0 Å². The van der Waals surface area contributed by atoms with Gasteiger partial charge in [-0.25, -0.2) is 0 Å². The normalized spacial score (nSPS) is 14.1. The van der Waals surface area contributed by atoms with Gasteiger partial charge in [0, 0.05) is 6.54 Å². The molecule has 0 aliphatic rings. The highest BCUT2D eigenvalue weighted by Crippen LogP contribution is 2.22. The molecule has 112 valence electrons. The van der Waals surface area contributed by atoms with Crippen LogP contribution in [-0.2, 0) is 11.2 Å². The second-order valence-electron chi connectivity index (χ2n) is 5.94. The molecule has 0 saturated heterocycles. The molecule has 3 N–H and O–H groups in total. The monoisotopic (exact) mass is 277 g/mol. The molecular formula is C17H27NO2. The van der Waals surface area contributed by atoms with E-state index in [9.17, 15) is 4.79 Å². The first-order valence-electron chi connectivity index (χ1n) is 7.35. The summed E-state index contributed by atoms with van der Waals surface area (Å²) in [6, 6.07) is 4.37. The Hall–Kier alpha value is -1.35. The summed E-state index contributed by atoms with van der Waals surface area (Å²) in [7, 11) is 0. The van der Waals surface area contributed by atoms with Crippen molar-refractivity contribution in [3.05, 3.63) is 34.4 Å². The highest BCUT2D eigenvalue weighted by atomic mass is 16.4. The van der Waals surface area contributed by atoms with Crippen LogP contribution in [0, 0.1) is 32.6 Å². The number of carbonyl (C=O) groups is 1. The Morgan fingerprint density at radius 2 is 1.90 bits per heavy atom. The number of hydrogen-bond acceptors (Lipinski definition) is 2. The summed E-state index contributed by atoms with van der Waals surface area (Å²) in [5.74, 6) is -0.812. The molecule has 0 aliphatic carbocycles. The van der Waals surface area contributed by atoms with Crippen LogP contribution >= 0.6 is 0 Å². The number of aliphatic carboxylic acids is 1. The van der Waals surface area contributed by atoms with Gasteiger partial charge in [-0.2, -0.15) is 0 Å². The van der Waals surface area contributed by atoms with Crippen molar-refractivity contribution >= 4 is 5.97 Å². The van der Waals surface area contributed by atoms with E-state index in [1.54, 1.807) is 0 Å². The van der Waals surface area contributed by atoms with Crippen molar-refractivity contribution in [3.63, 3.8) is 0 Å². The minimum atomic E-state index is -0.776. The molecule has 1 aromatic rings. The smallest absolute Gasteiger partial charge is 0.307 e. The van der Waals surface area contributed by atoms with E-state index in [1.807, 2.05) is 0 Å². The lowest BCUT2D eigenvalue weighted by molar-refractivity contribution is -0.141. The molecule has 2 unspecified atom stereocenters. The van der Waals surface area contributed by atoms with E-state index in [-0.39, 0.29) is 6.54 Å². The maximum absolute atomic E-state index is 11.0. The molecule has 0 saturated carbocycles. The Morgan fingerprint density at radius 3 is 2.45 bits per heavy atom. The highest BCUT2D eigenvalue weighted by molar-refractivity contribution is 5.70. The van der Waals surface area contributed by atoms with Crippen LogP contribution in [-0.4, -0.2) is 17.6 Å². The summed E-state index contributed by atoms with van der Waals surface area (Å²) in [6.07, 6.45) is 2.67. The lowest BCUT2D eigenvalue weighted by Gasteiger charge is -2.17. The molecule has 2 atom stereocenters. The van der Waals surface area contributed by atoms with E-state index in [1.165, 1.54) is 22.3 Å². The van der Waals surface area contributed by atoms with E-state index < -0.39 is 11.9 Å². The first-order valence-corrected chi connectivity index (χ1v) is 7.35. The van der Waals surface area contributed by atoms with Crippen LogP contribution in [0.4, 0.5) is 0 Å². The average molecular weight is 277 g/mol.